The van der Waals surface area contributed by atoms with Crippen LogP contribution in [0, 0.1) is 0 Å². The molecule has 2 aromatic carbocycles. The van der Waals surface area contributed by atoms with Crippen LogP contribution in [0.15, 0.2) is 59.6 Å². The number of carboxylic acids is 1. The van der Waals surface area contributed by atoms with E-state index in [-0.39, 0.29) is 18.9 Å². The number of amides is 1. The summed E-state index contributed by atoms with van der Waals surface area (Å²) in [4.78, 5) is 23.5. The molecule has 2 N–H and O–H groups in total. The lowest BCUT2D eigenvalue weighted by Gasteiger charge is -2.17. The molecule has 3 rings (SSSR count). The number of ether oxygens (including phenoxy) is 1. The molecule has 1 aliphatic rings. The summed E-state index contributed by atoms with van der Waals surface area (Å²) < 4.78 is 5.23. The number of rotatable bonds is 6. The van der Waals surface area contributed by atoms with Crippen LogP contribution in [-0.4, -0.2) is 29.8 Å². The third kappa shape index (κ3) is 4.24. The molecule has 2 aromatic rings. The van der Waals surface area contributed by atoms with Gasteiger partial charge in [-0.1, -0.05) is 66.2 Å². The Morgan fingerprint density at radius 1 is 1.12 bits per heavy atom. The number of carbonyl (C=O) groups excluding carboxylic acids is 1. The molecule has 0 fully saturated rings. The van der Waals surface area contributed by atoms with Crippen molar-refractivity contribution >= 4 is 29.7 Å². The van der Waals surface area contributed by atoms with Crippen molar-refractivity contribution < 1.29 is 19.4 Å². The Morgan fingerprint density at radius 3 is 2.54 bits per heavy atom. The minimum Gasteiger partial charge on any atom is -0.480 e. The van der Waals surface area contributed by atoms with Gasteiger partial charge < -0.3 is 15.2 Å². The minimum atomic E-state index is -1.12. The average molecular weight is 372 g/mol. The first-order valence-corrected chi connectivity index (χ1v) is 8.58. The summed E-state index contributed by atoms with van der Waals surface area (Å²) in [5.74, 6) is -1.34. The fourth-order valence-corrected chi connectivity index (χ4v) is 3.22. The van der Waals surface area contributed by atoms with Crippen molar-refractivity contribution in [1.29, 1.82) is 0 Å². The number of alkyl carbamates (subject to hydrolysis) is 1. The van der Waals surface area contributed by atoms with E-state index in [1.807, 2.05) is 60.7 Å². The predicted molar refractivity (Wildman–Crippen MR) is 99.1 cm³/mol. The molecule has 0 saturated heterocycles. The van der Waals surface area contributed by atoms with Gasteiger partial charge in [-0.25, -0.2) is 9.59 Å². The van der Waals surface area contributed by atoms with E-state index in [2.05, 4.69) is 5.32 Å². The van der Waals surface area contributed by atoms with Crippen LogP contribution in [0.1, 0.15) is 22.6 Å². The SMILES string of the molecule is O=C(N[C@@H](Cc1ccccc1)C(=O)O)OCC1C(Cl)=Cc2ccccc21. The molecule has 1 amide bonds. The molecule has 2 atom stereocenters. The molecule has 0 aromatic heterocycles. The highest BCUT2D eigenvalue weighted by Gasteiger charge is 2.26. The van der Waals surface area contributed by atoms with Crippen LogP contribution in [0.5, 0.6) is 0 Å². The van der Waals surface area contributed by atoms with E-state index in [1.54, 1.807) is 0 Å². The van der Waals surface area contributed by atoms with Crippen LogP contribution in [-0.2, 0) is 16.0 Å². The Labute approximate surface area is 156 Å². The molecular weight excluding hydrogens is 354 g/mol. The van der Waals surface area contributed by atoms with E-state index in [0.29, 0.717) is 5.03 Å². The molecule has 1 aliphatic carbocycles. The Balaban J connectivity index is 1.58. The number of fused-ring (bicyclic) bond motifs is 1. The zero-order chi connectivity index (χ0) is 18.5. The number of carboxylic acid groups (broad SMARTS) is 1. The van der Waals surface area contributed by atoms with Crippen molar-refractivity contribution in [3.63, 3.8) is 0 Å². The summed E-state index contributed by atoms with van der Waals surface area (Å²) in [6, 6.07) is 15.7. The summed E-state index contributed by atoms with van der Waals surface area (Å²) in [5.41, 5.74) is 2.80. The van der Waals surface area contributed by atoms with Gasteiger partial charge in [-0.15, -0.1) is 0 Å². The number of carbonyl (C=O) groups is 2. The van der Waals surface area contributed by atoms with Crippen molar-refractivity contribution in [3.05, 3.63) is 76.3 Å². The fraction of sp³-hybridized carbons (Fsp3) is 0.200. The van der Waals surface area contributed by atoms with Crippen molar-refractivity contribution in [1.82, 2.24) is 5.32 Å². The van der Waals surface area contributed by atoms with Gasteiger partial charge in [0.25, 0.3) is 0 Å². The van der Waals surface area contributed by atoms with E-state index in [4.69, 9.17) is 16.3 Å². The second-order valence-electron chi connectivity index (χ2n) is 6.03. The van der Waals surface area contributed by atoms with E-state index in [0.717, 1.165) is 16.7 Å². The number of nitrogens with one attached hydrogen (secondary N) is 1. The number of hydrogen-bond acceptors (Lipinski definition) is 3. The molecular formula is C20H18ClNO4. The van der Waals surface area contributed by atoms with Gasteiger partial charge in [0.15, 0.2) is 0 Å². The Kier molecular flexibility index (Phi) is 5.58. The van der Waals surface area contributed by atoms with E-state index < -0.39 is 18.1 Å². The topological polar surface area (TPSA) is 75.6 Å². The summed E-state index contributed by atoms with van der Waals surface area (Å²) in [6.07, 6.45) is 1.25. The van der Waals surface area contributed by atoms with Gasteiger partial charge in [0, 0.05) is 11.5 Å². The number of aliphatic carboxylic acids is 1. The Morgan fingerprint density at radius 2 is 1.81 bits per heavy atom. The smallest absolute Gasteiger partial charge is 0.407 e. The summed E-state index contributed by atoms with van der Waals surface area (Å²) in [5, 5.41) is 12.3. The lowest BCUT2D eigenvalue weighted by Crippen LogP contribution is -2.42. The predicted octanol–water partition coefficient (Wildman–Crippen LogP) is 3.79. The zero-order valence-corrected chi connectivity index (χ0v) is 14.6. The lowest BCUT2D eigenvalue weighted by molar-refractivity contribution is -0.139. The third-order valence-electron chi connectivity index (χ3n) is 4.25. The maximum absolute atomic E-state index is 12.1. The molecule has 26 heavy (non-hydrogen) atoms. The second kappa shape index (κ2) is 8.06. The summed E-state index contributed by atoms with van der Waals surface area (Å²) in [7, 11) is 0. The number of benzene rings is 2. The number of hydrogen-bond donors (Lipinski definition) is 2. The molecule has 0 bridgehead atoms. The molecule has 0 radical (unpaired) electrons. The van der Waals surface area contributed by atoms with Crippen LogP contribution in [0.25, 0.3) is 6.08 Å². The first-order chi connectivity index (χ1) is 12.5. The van der Waals surface area contributed by atoms with Crippen molar-refractivity contribution in [2.24, 2.45) is 0 Å². The molecule has 5 nitrogen and oxygen atoms in total. The van der Waals surface area contributed by atoms with Crippen molar-refractivity contribution in [2.75, 3.05) is 6.61 Å². The van der Waals surface area contributed by atoms with Gasteiger partial charge in [0.05, 0.1) is 5.92 Å². The normalized spacial score (nSPS) is 16.3. The van der Waals surface area contributed by atoms with E-state index in [1.165, 1.54) is 0 Å². The Hall–Kier alpha value is -2.79. The first-order valence-electron chi connectivity index (χ1n) is 8.20. The maximum atomic E-state index is 12.1. The number of halogens is 1. The van der Waals surface area contributed by atoms with Crippen LogP contribution in [0.3, 0.4) is 0 Å². The van der Waals surface area contributed by atoms with Crippen LogP contribution in [0.4, 0.5) is 4.79 Å². The minimum absolute atomic E-state index is 0.0514. The lowest BCUT2D eigenvalue weighted by atomic mass is 10.0. The molecule has 0 saturated carbocycles. The highest BCUT2D eigenvalue weighted by Crippen LogP contribution is 2.38. The van der Waals surface area contributed by atoms with Gasteiger partial charge in [-0.05, 0) is 22.8 Å². The zero-order valence-electron chi connectivity index (χ0n) is 13.9. The monoisotopic (exact) mass is 371 g/mol. The molecule has 0 aliphatic heterocycles. The molecule has 134 valence electrons. The van der Waals surface area contributed by atoms with E-state index >= 15 is 0 Å². The van der Waals surface area contributed by atoms with Crippen molar-refractivity contribution in [2.45, 2.75) is 18.4 Å². The van der Waals surface area contributed by atoms with Gasteiger partial charge in [-0.3, -0.25) is 0 Å². The highest BCUT2D eigenvalue weighted by molar-refractivity contribution is 6.33. The average Bonchev–Trinajstić information content (AvgIpc) is 2.95. The van der Waals surface area contributed by atoms with Gasteiger partial charge >= 0.3 is 12.1 Å². The fourth-order valence-electron chi connectivity index (χ4n) is 2.92. The molecule has 0 spiro atoms. The van der Waals surface area contributed by atoms with Gasteiger partial charge in [0.2, 0.25) is 0 Å². The van der Waals surface area contributed by atoms with Crippen LogP contribution in [0.2, 0.25) is 0 Å². The Bertz CT molecular complexity index is 835. The highest BCUT2D eigenvalue weighted by atomic mass is 35.5. The van der Waals surface area contributed by atoms with Gasteiger partial charge in [-0.2, -0.15) is 0 Å². The summed E-state index contributed by atoms with van der Waals surface area (Å²) in [6.45, 7) is 0.0514. The van der Waals surface area contributed by atoms with E-state index in [9.17, 15) is 14.7 Å². The molecule has 0 heterocycles. The maximum Gasteiger partial charge on any atom is 0.407 e. The van der Waals surface area contributed by atoms with Gasteiger partial charge in [0.1, 0.15) is 12.6 Å². The molecule has 1 unspecified atom stereocenters. The molecule has 6 heteroatoms. The first kappa shape index (κ1) is 18.0. The second-order valence-corrected chi connectivity index (χ2v) is 6.47. The van der Waals surface area contributed by atoms with Crippen molar-refractivity contribution in [3.8, 4) is 0 Å². The third-order valence-corrected chi connectivity index (χ3v) is 4.62. The van der Waals surface area contributed by atoms with Crippen LogP contribution >= 0.6 is 11.6 Å². The van der Waals surface area contributed by atoms with Crippen LogP contribution < -0.4 is 5.32 Å². The summed E-state index contributed by atoms with van der Waals surface area (Å²) >= 11 is 6.25. The largest absolute Gasteiger partial charge is 0.480 e. The quantitative estimate of drug-likeness (QED) is 0.810. The standard InChI is InChI=1S/C20H18ClNO4/c21-17-11-14-8-4-5-9-15(14)16(17)12-26-20(25)22-18(19(23)24)10-13-6-2-1-3-7-13/h1-9,11,16,18H,10,12H2,(H,22,25)(H,23,24)/t16?,18-/m0/s1.